The predicted molar refractivity (Wildman–Crippen MR) is 117 cm³/mol. The first kappa shape index (κ1) is 35.2. The van der Waals surface area contributed by atoms with Crippen molar-refractivity contribution in [3.8, 4) is 0 Å². The van der Waals surface area contributed by atoms with Gasteiger partial charge < -0.3 is 0 Å². The molecule has 0 spiro atoms. The van der Waals surface area contributed by atoms with Crippen LogP contribution in [0.1, 0.15) is 0 Å². The number of rotatable bonds is 5. The van der Waals surface area contributed by atoms with Gasteiger partial charge in [-0.1, -0.05) is 0 Å². The van der Waals surface area contributed by atoms with Crippen LogP contribution in [-0.2, 0) is 0 Å². The number of hydrogen-bond donors (Lipinski definition) is 0. The summed E-state index contributed by atoms with van der Waals surface area (Å²) >= 11 is 0. The zero-order chi connectivity index (χ0) is 35.0. The Bertz CT molecular complexity index is 1580. The van der Waals surface area contributed by atoms with E-state index in [0.717, 1.165) is 0 Å². The number of halogens is 20. The van der Waals surface area contributed by atoms with Crippen LogP contribution in [0.3, 0.4) is 0 Å². The topological polar surface area (TPSA) is 0 Å². The van der Waals surface area contributed by atoms with E-state index < -0.39 is 153 Å². The van der Waals surface area contributed by atoms with Crippen LogP contribution < -0.4 is 21.2 Å². The Kier molecular flexibility index (Phi) is 9.31. The minimum absolute atomic E-state index is 2.98. The summed E-state index contributed by atoms with van der Waals surface area (Å²) in [4.78, 5) is 0. The molecule has 4 aromatic rings. The Morgan fingerprint density at radius 2 is 0.239 bits per heavy atom. The first-order valence-electron chi connectivity index (χ1n) is 10.9. The van der Waals surface area contributed by atoms with Crippen molar-refractivity contribution in [1.29, 1.82) is 0 Å². The second-order valence-electron chi connectivity index (χ2n) is 8.30. The highest BCUT2D eigenvalue weighted by Gasteiger charge is 2.48. The first-order valence-corrected chi connectivity index (χ1v) is 14.3. The lowest BCUT2D eigenvalue weighted by Gasteiger charge is -2.32. The van der Waals surface area contributed by atoms with Gasteiger partial charge in [0.1, 0.15) is 0 Å². The van der Waals surface area contributed by atoms with Gasteiger partial charge in [-0.15, -0.1) is 0 Å². The SMILES string of the molecule is Fc1c(F)c(F)c(P(c2c(F)c(F)c(F)c(F)c2F)P(c2c(F)c(F)c(F)c(F)c2F)c2c(F)c(F)c(F)c(F)c2F)c(F)c1F. The number of benzene rings is 4. The van der Waals surface area contributed by atoms with Crippen LogP contribution >= 0.6 is 15.2 Å². The fourth-order valence-corrected chi connectivity index (χ4v) is 11.8. The lowest BCUT2D eigenvalue weighted by atomic mass is 10.3. The molecule has 0 atom stereocenters. The third-order valence-electron chi connectivity index (χ3n) is 5.79. The Labute approximate surface area is 241 Å². The second kappa shape index (κ2) is 12.2. The standard InChI is InChI=1S/C24F20P2/c25-1-5(29)13(37)21(14(38)6(1)30)45(22-15(39)7(31)2(26)8(32)16(22)40)46(23-17(41)9(33)3(27)10(34)18(23)42)24-19(43)11(35)4(28)12(36)20(24)44. The van der Waals surface area contributed by atoms with Crippen LogP contribution in [0, 0.1) is 116 Å². The molecule has 0 saturated carbocycles. The van der Waals surface area contributed by atoms with Crippen LogP contribution in [0.15, 0.2) is 0 Å². The molecule has 0 fully saturated rings. The molecule has 0 nitrogen and oxygen atoms in total. The Balaban J connectivity index is 2.47. The summed E-state index contributed by atoms with van der Waals surface area (Å²) in [6, 6.07) is 0. The smallest absolute Gasteiger partial charge is 0.200 e. The van der Waals surface area contributed by atoms with E-state index in [2.05, 4.69) is 0 Å². The maximum atomic E-state index is 15.1. The van der Waals surface area contributed by atoms with E-state index in [-0.39, 0.29) is 0 Å². The van der Waals surface area contributed by atoms with E-state index in [0.29, 0.717) is 0 Å². The van der Waals surface area contributed by atoms with Crippen LogP contribution in [0.5, 0.6) is 0 Å². The summed E-state index contributed by atoms with van der Waals surface area (Å²) < 4.78 is 291. The monoisotopic (exact) mass is 730 g/mol. The van der Waals surface area contributed by atoms with Gasteiger partial charge in [0.25, 0.3) is 0 Å². The van der Waals surface area contributed by atoms with Gasteiger partial charge in [-0.3, -0.25) is 0 Å². The molecule has 0 saturated heterocycles. The molecule has 0 radical (unpaired) electrons. The zero-order valence-corrected chi connectivity index (χ0v) is 22.2. The normalized spacial score (nSPS) is 11.9. The minimum atomic E-state index is -5.47. The van der Waals surface area contributed by atoms with Crippen molar-refractivity contribution >= 4 is 36.4 Å². The highest BCUT2D eigenvalue weighted by Crippen LogP contribution is 2.68. The fraction of sp³-hybridized carbons (Fsp3) is 0. The van der Waals surface area contributed by atoms with Gasteiger partial charge in [-0.05, 0) is 0 Å². The average molecular weight is 730 g/mol. The van der Waals surface area contributed by atoms with Crippen LogP contribution in [0.2, 0.25) is 0 Å². The molecule has 0 N–H and O–H groups in total. The third kappa shape index (κ3) is 4.95. The second-order valence-corrected chi connectivity index (χ2v) is 13.7. The van der Waals surface area contributed by atoms with Gasteiger partial charge in [0.05, 0.1) is 21.2 Å². The van der Waals surface area contributed by atoms with Crippen molar-refractivity contribution in [3.05, 3.63) is 116 Å². The van der Waals surface area contributed by atoms with Gasteiger partial charge in [0, 0.05) is 15.2 Å². The summed E-state index contributed by atoms with van der Waals surface area (Å²) in [6.07, 6.45) is 0. The third-order valence-corrected chi connectivity index (χ3v) is 13.1. The molecule has 0 aliphatic carbocycles. The van der Waals surface area contributed by atoms with Crippen molar-refractivity contribution in [2.24, 2.45) is 0 Å². The first-order chi connectivity index (χ1) is 21.2. The largest absolute Gasteiger partial charge is 0.203 e. The highest BCUT2D eigenvalue weighted by molar-refractivity contribution is 8.41. The van der Waals surface area contributed by atoms with Crippen molar-refractivity contribution in [2.45, 2.75) is 0 Å². The Hall–Kier alpha value is -3.66. The molecule has 4 aromatic carbocycles. The molecule has 0 amide bonds. The molecule has 0 bridgehead atoms. The number of hydrogen-bond acceptors (Lipinski definition) is 0. The van der Waals surface area contributed by atoms with Crippen LogP contribution in [0.4, 0.5) is 87.8 Å². The summed E-state index contributed by atoms with van der Waals surface area (Å²) in [6.45, 7) is 0. The fourth-order valence-electron chi connectivity index (χ4n) is 3.74. The molecular weight excluding hydrogens is 730 g/mol. The lowest BCUT2D eigenvalue weighted by Crippen LogP contribution is -2.35. The minimum Gasteiger partial charge on any atom is -0.203 e. The summed E-state index contributed by atoms with van der Waals surface area (Å²) in [5.41, 5.74) is 0. The summed E-state index contributed by atoms with van der Waals surface area (Å²) in [7, 11) is -10.9. The van der Waals surface area contributed by atoms with Gasteiger partial charge in [-0.2, -0.15) is 0 Å². The highest BCUT2D eigenvalue weighted by atomic mass is 32.1. The Morgan fingerprint density at radius 1 is 0.152 bits per heavy atom. The van der Waals surface area contributed by atoms with E-state index >= 15 is 35.1 Å². The lowest BCUT2D eigenvalue weighted by molar-refractivity contribution is 0.382. The molecule has 0 aliphatic heterocycles. The zero-order valence-electron chi connectivity index (χ0n) is 20.5. The van der Waals surface area contributed by atoms with Gasteiger partial charge in [0.2, 0.25) is 23.3 Å². The van der Waals surface area contributed by atoms with E-state index in [1.807, 2.05) is 0 Å². The summed E-state index contributed by atoms with van der Waals surface area (Å²) in [5, 5.41) is -11.9. The Morgan fingerprint density at radius 3 is 0.348 bits per heavy atom. The maximum absolute atomic E-state index is 15.1. The molecule has 22 heteroatoms. The molecule has 246 valence electrons. The molecule has 0 heterocycles. The predicted octanol–water partition coefficient (Wildman–Crippen LogP) is 7.95. The molecule has 0 unspecified atom stereocenters. The molecule has 0 aliphatic rings. The maximum Gasteiger partial charge on any atom is 0.200 e. The van der Waals surface area contributed by atoms with Crippen molar-refractivity contribution in [3.63, 3.8) is 0 Å². The quantitative estimate of drug-likeness (QED) is 0.0848. The van der Waals surface area contributed by atoms with E-state index in [4.69, 9.17) is 0 Å². The van der Waals surface area contributed by atoms with Gasteiger partial charge in [0.15, 0.2) is 93.1 Å². The van der Waals surface area contributed by atoms with Crippen molar-refractivity contribution in [1.82, 2.24) is 0 Å². The van der Waals surface area contributed by atoms with Crippen LogP contribution in [0.25, 0.3) is 0 Å². The molecular formula is C24F20P2. The van der Waals surface area contributed by atoms with Crippen LogP contribution in [-0.4, -0.2) is 0 Å². The van der Waals surface area contributed by atoms with E-state index in [9.17, 15) is 52.7 Å². The molecule has 0 aromatic heterocycles. The summed E-state index contributed by atoms with van der Waals surface area (Å²) in [5.74, 6) is -65.6. The van der Waals surface area contributed by atoms with Crippen molar-refractivity contribution in [2.75, 3.05) is 0 Å². The molecule has 4 rings (SSSR count). The average Bonchev–Trinajstić information content (AvgIpc) is 3.03. The van der Waals surface area contributed by atoms with E-state index in [1.165, 1.54) is 0 Å². The van der Waals surface area contributed by atoms with Crippen molar-refractivity contribution < 1.29 is 87.8 Å². The van der Waals surface area contributed by atoms with E-state index in [1.54, 1.807) is 0 Å². The van der Waals surface area contributed by atoms with Gasteiger partial charge in [-0.25, -0.2) is 87.8 Å². The van der Waals surface area contributed by atoms with Gasteiger partial charge >= 0.3 is 0 Å². The molecule has 46 heavy (non-hydrogen) atoms.